The largest absolute Gasteiger partial charge is 0.384 e. The lowest BCUT2D eigenvalue weighted by atomic mass is 9.95. The van der Waals surface area contributed by atoms with Crippen LogP contribution >= 0.6 is 0 Å². The highest BCUT2D eigenvalue weighted by Gasteiger charge is 2.34. The minimum atomic E-state index is -1.19. The lowest BCUT2D eigenvalue weighted by Crippen LogP contribution is -2.26. The maximum Gasteiger partial charge on any atom is 0.269 e. The summed E-state index contributed by atoms with van der Waals surface area (Å²) in [5.41, 5.74) is 0.461. The van der Waals surface area contributed by atoms with Crippen molar-refractivity contribution in [3.05, 3.63) is 63.7 Å². The number of carbonyl (C=O) groups excluding carboxylic acids is 1. The summed E-state index contributed by atoms with van der Waals surface area (Å²) in [4.78, 5) is 32.1. The number of nitrogens with zero attached hydrogens (tertiary/aromatic N) is 1. The van der Waals surface area contributed by atoms with E-state index in [1.807, 2.05) is 0 Å². The Bertz CT molecular complexity index is 648. The third kappa shape index (κ3) is 2.49. The van der Waals surface area contributed by atoms with Gasteiger partial charge in [-0.15, -0.1) is 0 Å². The Balaban J connectivity index is 1.89. The van der Waals surface area contributed by atoms with Gasteiger partial charge in [0, 0.05) is 17.7 Å². The molecule has 1 aromatic carbocycles. The van der Waals surface area contributed by atoms with Gasteiger partial charge in [0.1, 0.15) is 12.2 Å². The molecule has 21 heavy (non-hydrogen) atoms. The zero-order valence-corrected chi connectivity index (χ0v) is 10.7. The van der Waals surface area contributed by atoms with Crippen molar-refractivity contribution in [2.24, 2.45) is 0 Å². The quantitative estimate of drug-likeness (QED) is 0.391. The van der Waals surface area contributed by atoms with E-state index in [9.17, 15) is 20.0 Å². The molecule has 2 bridgehead atoms. The summed E-state index contributed by atoms with van der Waals surface area (Å²) in [6.45, 7) is 0. The average molecular weight is 289 g/mol. The number of ketones is 1. The molecule has 0 saturated heterocycles. The molecule has 0 saturated carbocycles. The number of hydrogen-bond donors (Lipinski definition) is 1. The number of benzene rings is 1. The average Bonchev–Trinajstić information content (AvgIpc) is 2.76. The van der Waals surface area contributed by atoms with Gasteiger partial charge < -0.3 is 5.11 Å². The number of carbonyl (C=O) groups is 1. The van der Waals surface area contributed by atoms with E-state index in [0.717, 1.165) is 0 Å². The highest BCUT2D eigenvalue weighted by Crippen LogP contribution is 2.30. The molecule has 0 unspecified atom stereocenters. The number of Topliss-reactive ketones (excluding diaryl/α,β-unsaturated/α-hetero) is 1. The lowest BCUT2D eigenvalue weighted by Gasteiger charge is -2.16. The minimum absolute atomic E-state index is 0.0828. The number of rotatable bonds is 3. The molecule has 0 fully saturated rings. The number of non-ortho nitro benzene ring substituents is 1. The first-order chi connectivity index (χ1) is 10.1. The second kappa shape index (κ2) is 5.21. The molecule has 2 aliphatic heterocycles. The Morgan fingerprint density at radius 1 is 1.19 bits per heavy atom. The van der Waals surface area contributed by atoms with Crippen molar-refractivity contribution in [2.45, 2.75) is 18.3 Å². The molecule has 0 aromatic heterocycles. The molecule has 4 rings (SSSR count). The van der Waals surface area contributed by atoms with Crippen LogP contribution in [0.15, 0.2) is 48.1 Å². The van der Waals surface area contributed by atoms with E-state index >= 15 is 0 Å². The van der Waals surface area contributed by atoms with Crippen LogP contribution in [0.1, 0.15) is 11.7 Å². The van der Waals surface area contributed by atoms with Crippen molar-refractivity contribution in [1.29, 1.82) is 0 Å². The van der Waals surface area contributed by atoms with Crippen molar-refractivity contribution in [3.63, 3.8) is 0 Å². The topological polar surface area (TPSA) is 98.9 Å². The van der Waals surface area contributed by atoms with Crippen LogP contribution in [0.4, 0.5) is 5.69 Å². The molecular formula is C14H11NO6. The first kappa shape index (κ1) is 13.6. The van der Waals surface area contributed by atoms with Crippen LogP contribution in [-0.2, 0) is 14.6 Å². The Morgan fingerprint density at radius 3 is 2.48 bits per heavy atom. The third-order valence-corrected chi connectivity index (χ3v) is 3.35. The van der Waals surface area contributed by atoms with E-state index in [4.69, 9.17) is 9.78 Å². The van der Waals surface area contributed by atoms with Gasteiger partial charge in [0.05, 0.1) is 4.92 Å². The molecule has 1 N–H and O–H groups in total. The van der Waals surface area contributed by atoms with Crippen molar-refractivity contribution in [3.8, 4) is 0 Å². The monoisotopic (exact) mass is 289 g/mol. The van der Waals surface area contributed by atoms with E-state index < -0.39 is 29.0 Å². The van der Waals surface area contributed by atoms with Crippen LogP contribution in [0.5, 0.6) is 0 Å². The minimum Gasteiger partial charge on any atom is -0.384 e. The number of aliphatic hydroxyl groups is 1. The molecule has 108 valence electrons. The Hall–Kier alpha value is -2.35. The van der Waals surface area contributed by atoms with Crippen LogP contribution < -0.4 is 0 Å². The predicted octanol–water partition coefficient (Wildman–Crippen LogP) is 1.39. The SMILES string of the molecule is O=C1C([C@H](O)c2ccc([N+](=O)[O-])cc2)=C[C@@H]2C=C[C@@H]1OO2. The van der Waals surface area contributed by atoms with Gasteiger partial charge in [0.15, 0.2) is 11.9 Å². The van der Waals surface area contributed by atoms with Crippen LogP contribution in [0.3, 0.4) is 0 Å². The molecule has 1 aromatic rings. The van der Waals surface area contributed by atoms with Crippen molar-refractivity contribution in [2.75, 3.05) is 0 Å². The fraction of sp³-hybridized carbons (Fsp3) is 0.214. The first-order valence-corrected chi connectivity index (χ1v) is 6.25. The first-order valence-electron chi connectivity index (χ1n) is 6.25. The second-order valence-corrected chi connectivity index (χ2v) is 4.70. The zero-order valence-electron chi connectivity index (χ0n) is 10.7. The van der Waals surface area contributed by atoms with E-state index in [2.05, 4.69) is 0 Å². The highest BCUT2D eigenvalue weighted by atomic mass is 17.2. The third-order valence-electron chi connectivity index (χ3n) is 3.35. The van der Waals surface area contributed by atoms with E-state index in [-0.39, 0.29) is 11.3 Å². The summed E-state index contributed by atoms with van der Waals surface area (Å²) < 4.78 is 0. The van der Waals surface area contributed by atoms with Crippen molar-refractivity contribution < 1.29 is 24.6 Å². The Morgan fingerprint density at radius 2 is 1.90 bits per heavy atom. The van der Waals surface area contributed by atoms with Crippen LogP contribution in [-0.4, -0.2) is 28.0 Å². The molecule has 7 heteroatoms. The van der Waals surface area contributed by atoms with Crippen molar-refractivity contribution >= 4 is 11.5 Å². The fourth-order valence-corrected chi connectivity index (χ4v) is 2.22. The molecule has 3 aliphatic rings. The summed E-state index contributed by atoms with van der Waals surface area (Å²) in [5, 5.41) is 20.9. The molecule has 0 amide bonds. The maximum atomic E-state index is 12.2. The summed E-state index contributed by atoms with van der Waals surface area (Å²) in [6.07, 6.45) is 2.13. The van der Waals surface area contributed by atoms with Gasteiger partial charge in [-0.25, -0.2) is 9.78 Å². The van der Waals surface area contributed by atoms with E-state index in [0.29, 0.717) is 5.56 Å². The molecule has 1 aliphatic carbocycles. The smallest absolute Gasteiger partial charge is 0.269 e. The summed E-state index contributed by atoms with van der Waals surface area (Å²) in [5.74, 6) is -0.392. The zero-order chi connectivity index (χ0) is 15.0. The normalized spacial score (nSPS) is 25.4. The van der Waals surface area contributed by atoms with E-state index in [1.165, 1.54) is 30.3 Å². The van der Waals surface area contributed by atoms with Crippen LogP contribution in [0.25, 0.3) is 0 Å². The Labute approximate surface area is 119 Å². The molecule has 0 spiro atoms. The highest BCUT2D eigenvalue weighted by molar-refractivity contribution is 6.01. The summed E-state index contributed by atoms with van der Waals surface area (Å²) in [6, 6.07) is 5.39. The van der Waals surface area contributed by atoms with Gasteiger partial charge >= 0.3 is 0 Å². The number of aliphatic hydroxyl groups excluding tert-OH is 1. The van der Waals surface area contributed by atoms with Crippen LogP contribution in [0.2, 0.25) is 0 Å². The van der Waals surface area contributed by atoms with Crippen molar-refractivity contribution in [1.82, 2.24) is 0 Å². The fourth-order valence-electron chi connectivity index (χ4n) is 2.22. The van der Waals surface area contributed by atoms with Gasteiger partial charge in [-0.3, -0.25) is 14.9 Å². The molecular weight excluding hydrogens is 278 g/mol. The standard InChI is InChI=1S/C14H11NO6/c16-13(8-1-3-9(4-2-8)15(18)19)11-7-10-5-6-12(14(11)17)21-20-10/h1-7,10,12-13,16H/t10-,12-,13+/m0/s1. The van der Waals surface area contributed by atoms with E-state index in [1.54, 1.807) is 12.2 Å². The lowest BCUT2D eigenvalue weighted by molar-refractivity contribution is -0.384. The second-order valence-electron chi connectivity index (χ2n) is 4.70. The summed E-state index contributed by atoms with van der Waals surface area (Å²) in [7, 11) is 0. The molecule has 3 atom stereocenters. The molecule has 2 heterocycles. The van der Waals surface area contributed by atoms with Gasteiger partial charge in [-0.1, -0.05) is 0 Å². The maximum absolute atomic E-state index is 12.2. The summed E-state index contributed by atoms with van der Waals surface area (Å²) >= 11 is 0. The van der Waals surface area contributed by atoms with Gasteiger partial charge in [0.25, 0.3) is 5.69 Å². The number of hydrogen-bond acceptors (Lipinski definition) is 6. The van der Waals surface area contributed by atoms with Gasteiger partial charge in [0.2, 0.25) is 0 Å². The number of nitro benzene ring substituents is 1. The Kier molecular flexibility index (Phi) is 3.38. The molecule has 7 nitrogen and oxygen atoms in total. The van der Waals surface area contributed by atoms with Crippen LogP contribution in [0, 0.1) is 10.1 Å². The number of nitro groups is 1. The predicted molar refractivity (Wildman–Crippen MR) is 70.0 cm³/mol. The molecule has 0 radical (unpaired) electrons. The number of fused-ring (bicyclic) bond motifs is 2. The van der Waals surface area contributed by atoms with Gasteiger partial charge in [-0.2, -0.15) is 0 Å². The van der Waals surface area contributed by atoms with Gasteiger partial charge in [-0.05, 0) is 35.9 Å².